The van der Waals surface area contributed by atoms with Crippen molar-refractivity contribution in [2.45, 2.75) is 45.1 Å². The molecule has 0 atom stereocenters. The van der Waals surface area contributed by atoms with Crippen LogP contribution in [0.5, 0.6) is 0 Å². The minimum Gasteiger partial charge on any atom is -0.341 e. The minimum absolute atomic E-state index is 0.178. The zero-order chi connectivity index (χ0) is 21.9. The van der Waals surface area contributed by atoms with Gasteiger partial charge in [0.15, 0.2) is 0 Å². The third-order valence-electron chi connectivity index (χ3n) is 7.67. The number of nitrogens with zero attached hydrogens (tertiary/aromatic N) is 1. The van der Waals surface area contributed by atoms with Crippen molar-refractivity contribution < 1.29 is 4.79 Å². The summed E-state index contributed by atoms with van der Waals surface area (Å²) in [7, 11) is 1.91. The van der Waals surface area contributed by atoms with E-state index < -0.39 is 0 Å². The van der Waals surface area contributed by atoms with Gasteiger partial charge in [0.1, 0.15) is 5.82 Å². The van der Waals surface area contributed by atoms with E-state index in [0.717, 1.165) is 46.2 Å². The molecule has 0 saturated heterocycles. The first kappa shape index (κ1) is 21.2. The average Bonchev–Trinajstić information content (AvgIpc) is 3.19. The zero-order valence-corrected chi connectivity index (χ0v) is 18.9. The standard InChI is InChI=1S/C21H28N4O.C6H6/c1-22-11-20-24-18-3-2-16(9-19(18)25-20)23-21(26)10-17-14-5-12-4-13(7-14)8-15(17)6-12;1-2-4-6-5-3-1/h2-3,9,12-15,17,22H,4-8,10-11H2,1H3,(H,23,26)(H,24,25);1-6H. The van der Waals surface area contributed by atoms with E-state index in [1.165, 1.54) is 32.1 Å². The third-order valence-corrected chi connectivity index (χ3v) is 7.67. The average molecular weight is 431 g/mol. The highest BCUT2D eigenvalue weighted by Gasteiger charge is 2.48. The van der Waals surface area contributed by atoms with Crippen LogP contribution < -0.4 is 10.6 Å². The maximum absolute atomic E-state index is 12.7. The topological polar surface area (TPSA) is 69.8 Å². The van der Waals surface area contributed by atoms with Crippen molar-refractivity contribution in [2.75, 3.05) is 12.4 Å². The van der Waals surface area contributed by atoms with Crippen molar-refractivity contribution in [1.29, 1.82) is 0 Å². The van der Waals surface area contributed by atoms with Crippen molar-refractivity contribution in [3.63, 3.8) is 0 Å². The summed E-state index contributed by atoms with van der Waals surface area (Å²) in [5.41, 5.74) is 2.78. The predicted octanol–water partition coefficient (Wildman–Crippen LogP) is 5.37. The van der Waals surface area contributed by atoms with E-state index >= 15 is 0 Å². The van der Waals surface area contributed by atoms with Gasteiger partial charge in [-0.25, -0.2) is 4.98 Å². The summed E-state index contributed by atoms with van der Waals surface area (Å²) in [6.45, 7) is 0.711. The first-order valence-corrected chi connectivity index (χ1v) is 12.1. The maximum Gasteiger partial charge on any atom is 0.224 e. The van der Waals surface area contributed by atoms with Crippen LogP contribution in [0.15, 0.2) is 54.6 Å². The lowest BCUT2D eigenvalue weighted by molar-refractivity contribution is -0.121. The fourth-order valence-electron chi connectivity index (χ4n) is 6.57. The van der Waals surface area contributed by atoms with Crippen molar-refractivity contribution >= 4 is 22.6 Å². The molecule has 0 aliphatic heterocycles. The van der Waals surface area contributed by atoms with Crippen LogP contribution in [0.1, 0.15) is 44.3 Å². The van der Waals surface area contributed by atoms with E-state index in [2.05, 4.69) is 20.6 Å². The molecule has 0 unspecified atom stereocenters. The Balaban J connectivity index is 0.000000314. The van der Waals surface area contributed by atoms with E-state index in [1.54, 1.807) is 0 Å². The Kier molecular flexibility index (Phi) is 6.26. The summed E-state index contributed by atoms with van der Waals surface area (Å²) in [5, 5.41) is 6.23. The number of rotatable bonds is 5. The van der Waals surface area contributed by atoms with Gasteiger partial charge < -0.3 is 15.6 Å². The van der Waals surface area contributed by atoms with Gasteiger partial charge in [-0.2, -0.15) is 0 Å². The Morgan fingerprint density at radius 3 is 2.19 bits per heavy atom. The quantitative estimate of drug-likeness (QED) is 0.510. The fraction of sp³-hybridized carbons (Fsp3) is 0.481. The third kappa shape index (κ3) is 4.73. The lowest BCUT2D eigenvalue weighted by atomic mass is 9.51. The number of aromatic nitrogens is 2. The molecule has 1 amide bonds. The number of aromatic amines is 1. The highest BCUT2D eigenvalue weighted by molar-refractivity contribution is 5.93. The van der Waals surface area contributed by atoms with Crippen LogP contribution in [-0.2, 0) is 11.3 Å². The predicted molar refractivity (Wildman–Crippen MR) is 129 cm³/mol. The number of imidazole rings is 1. The highest BCUT2D eigenvalue weighted by Crippen LogP contribution is 2.57. The number of carbonyl (C=O) groups excluding carboxylic acids is 1. The summed E-state index contributed by atoms with van der Waals surface area (Å²) in [6.07, 6.45) is 7.66. The Hall–Kier alpha value is -2.66. The Bertz CT molecular complexity index is 990. The van der Waals surface area contributed by atoms with Gasteiger partial charge in [0.2, 0.25) is 5.91 Å². The van der Waals surface area contributed by atoms with E-state index in [9.17, 15) is 4.79 Å². The molecular formula is C27H34N4O. The Morgan fingerprint density at radius 1 is 0.969 bits per heavy atom. The molecule has 4 saturated carbocycles. The van der Waals surface area contributed by atoms with Gasteiger partial charge in [-0.05, 0) is 86.9 Å². The van der Waals surface area contributed by atoms with E-state index in [4.69, 9.17) is 0 Å². The second-order valence-corrected chi connectivity index (χ2v) is 9.95. The SMILES string of the molecule is CNCc1nc2ccc(NC(=O)CC3C4CC5CC(C4)CC3C5)cc2[nH]1.c1ccccc1. The summed E-state index contributed by atoms with van der Waals surface area (Å²) < 4.78 is 0. The number of benzene rings is 2. The molecule has 32 heavy (non-hydrogen) atoms. The molecule has 5 nitrogen and oxygen atoms in total. The maximum atomic E-state index is 12.7. The number of carbonyl (C=O) groups is 1. The normalized spacial score (nSPS) is 27.7. The Morgan fingerprint density at radius 2 is 1.59 bits per heavy atom. The van der Waals surface area contributed by atoms with Gasteiger partial charge in [-0.15, -0.1) is 0 Å². The molecule has 3 aromatic rings. The second-order valence-electron chi connectivity index (χ2n) is 9.95. The molecule has 5 heteroatoms. The molecular weight excluding hydrogens is 396 g/mol. The lowest BCUT2D eigenvalue weighted by Gasteiger charge is -2.54. The van der Waals surface area contributed by atoms with Crippen LogP contribution in [0.3, 0.4) is 0 Å². The molecule has 4 fully saturated rings. The number of hydrogen-bond acceptors (Lipinski definition) is 3. The van der Waals surface area contributed by atoms with Gasteiger partial charge in [-0.1, -0.05) is 36.4 Å². The fourth-order valence-corrected chi connectivity index (χ4v) is 6.57. The summed E-state index contributed by atoms with van der Waals surface area (Å²) in [4.78, 5) is 20.5. The van der Waals surface area contributed by atoms with Gasteiger partial charge in [0.05, 0.1) is 17.6 Å². The largest absolute Gasteiger partial charge is 0.341 e. The molecule has 0 spiro atoms. The molecule has 1 heterocycles. The second kappa shape index (κ2) is 9.45. The van der Waals surface area contributed by atoms with Crippen LogP contribution in [0, 0.1) is 29.6 Å². The van der Waals surface area contributed by atoms with E-state index in [-0.39, 0.29) is 5.91 Å². The van der Waals surface area contributed by atoms with Crippen LogP contribution in [0.4, 0.5) is 5.69 Å². The first-order valence-electron chi connectivity index (χ1n) is 12.1. The van der Waals surface area contributed by atoms with Crippen molar-refractivity contribution in [3.8, 4) is 0 Å². The number of hydrogen-bond donors (Lipinski definition) is 3. The number of amides is 1. The van der Waals surface area contributed by atoms with Crippen LogP contribution in [0.2, 0.25) is 0 Å². The number of fused-ring (bicyclic) bond motifs is 1. The highest BCUT2D eigenvalue weighted by atomic mass is 16.1. The molecule has 0 radical (unpaired) electrons. The summed E-state index contributed by atoms with van der Waals surface area (Å²) in [6, 6.07) is 17.9. The van der Waals surface area contributed by atoms with Crippen LogP contribution >= 0.6 is 0 Å². The van der Waals surface area contributed by atoms with Crippen LogP contribution in [-0.4, -0.2) is 22.9 Å². The van der Waals surface area contributed by atoms with Gasteiger partial charge in [-0.3, -0.25) is 4.79 Å². The summed E-state index contributed by atoms with van der Waals surface area (Å²) in [5.74, 6) is 5.24. The molecule has 168 valence electrons. The molecule has 4 aliphatic rings. The van der Waals surface area contributed by atoms with Gasteiger partial charge >= 0.3 is 0 Å². The van der Waals surface area contributed by atoms with Crippen molar-refractivity contribution in [2.24, 2.45) is 29.6 Å². The van der Waals surface area contributed by atoms with Crippen molar-refractivity contribution in [1.82, 2.24) is 15.3 Å². The molecule has 4 aliphatic carbocycles. The minimum atomic E-state index is 0.178. The zero-order valence-electron chi connectivity index (χ0n) is 18.9. The molecule has 3 N–H and O–H groups in total. The molecule has 7 rings (SSSR count). The molecule has 2 aromatic carbocycles. The first-order chi connectivity index (χ1) is 15.7. The number of nitrogens with one attached hydrogen (secondary N) is 3. The van der Waals surface area contributed by atoms with Crippen LogP contribution in [0.25, 0.3) is 11.0 Å². The monoisotopic (exact) mass is 430 g/mol. The van der Waals surface area contributed by atoms with Gasteiger partial charge in [0.25, 0.3) is 0 Å². The smallest absolute Gasteiger partial charge is 0.224 e. The molecule has 1 aromatic heterocycles. The number of H-pyrrole nitrogens is 1. The van der Waals surface area contributed by atoms with E-state index in [0.29, 0.717) is 18.9 Å². The summed E-state index contributed by atoms with van der Waals surface area (Å²) >= 11 is 0. The van der Waals surface area contributed by atoms with E-state index in [1.807, 2.05) is 61.6 Å². The Labute approximate surface area is 190 Å². The number of anilines is 1. The van der Waals surface area contributed by atoms with Crippen molar-refractivity contribution in [3.05, 3.63) is 60.4 Å². The van der Waals surface area contributed by atoms with Gasteiger partial charge in [0, 0.05) is 12.1 Å². The lowest BCUT2D eigenvalue weighted by Crippen LogP contribution is -2.46. The molecule has 4 bridgehead atoms.